The van der Waals surface area contributed by atoms with Gasteiger partial charge in [-0.2, -0.15) is 15.5 Å². The van der Waals surface area contributed by atoms with Crippen LogP contribution in [-0.2, 0) is 19.1 Å². The van der Waals surface area contributed by atoms with E-state index in [-0.39, 0.29) is 36.5 Å². The number of nitrogens with one attached hydrogen (secondary N) is 2. The van der Waals surface area contributed by atoms with Crippen molar-refractivity contribution in [1.82, 2.24) is 44.5 Å². The van der Waals surface area contributed by atoms with Gasteiger partial charge in [0.1, 0.15) is 46.2 Å². The van der Waals surface area contributed by atoms with E-state index in [4.69, 9.17) is 29.3 Å². The fourth-order valence-corrected chi connectivity index (χ4v) is 10.4. The maximum Gasteiger partial charge on any atom is 0.411 e. The first-order chi connectivity index (χ1) is 32.8. The Morgan fingerprint density at radius 2 is 1.66 bits per heavy atom. The van der Waals surface area contributed by atoms with Crippen LogP contribution < -0.4 is 25.2 Å². The molecular weight excluding hydrogens is 874 g/mol. The lowest BCUT2D eigenvalue weighted by Crippen LogP contribution is -2.66. The number of aromatic nitrogens is 6. The van der Waals surface area contributed by atoms with Crippen LogP contribution in [0.2, 0.25) is 0 Å². The molecule has 5 aliphatic rings. The van der Waals surface area contributed by atoms with E-state index < -0.39 is 23.4 Å². The first-order valence-corrected chi connectivity index (χ1v) is 23.4. The Labute approximate surface area is 393 Å². The van der Waals surface area contributed by atoms with Crippen molar-refractivity contribution in [2.45, 2.75) is 95.1 Å². The number of anilines is 3. The average Bonchev–Trinajstić information content (AvgIpc) is 4.00. The number of imide groups is 1. The van der Waals surface area contributed by atoms with Gasteiger partial charge >= 0.3 is 6.09 Å². The topological polar surface area (TPSA) is 201 Å². The van der Waals surface area contributed by atoms with Crippen LogP contribution in [0.1, 0.15) is 70.9 Å². The van der Waals surface area contributed by atoms with E-state index in [2.05, 4.69) is 31.6 Å². The van der Waals surface area contributed by atoms with E-state index in [0.29, 0.717) is 91.4 Å². The molecule has 0 radical (unpaired) electrons. The standard InChI is InChI=1S/C48H56FN13O6/c1-48(2,3)68-47(65)62-34-24-59(25-35(62)28-67-27-34)42-11-5-29(20-51-42)44-45-30(19-50)21-53-61(45)26-39(55-44)31-22-52-60(23-31)33-8-6-32(7-9-33)57-13-15-58(16-14-57)40-18-41(66-4)38(17-36(40)49)54-37-10-12-43(63)56-46(37)64/h5,11,17-18,20-23,26,32-35,37,54H,6-10,12-16,24-25,27-28H2,1-4H3,(H,56,63,64). The van der Waals surface area contributed by atoms with Crippen LogP contribution in [0.4, 0.5) is 26.4 Å². The van der Waals surface area contributed by atoms with Crippen LogP contribution >= 0.6 is 0 Å². The third kappa shape index (κ3) is 8.99. The number of halogens is 1. The molecule has 356 valence electrons. The highest BCUT2D eigenvalue weighted by Crippen LogP contribution is 2.37. The van der Waals surface area contributed by atoms with Gasteiger partial charge in [0.25, 0.3) is 0 Å². The van der Waals surface area contributed by atoms with E-state index in [0.717, 1.165) is 55.7 Å². The minimum Gasteiger partial charge on any atom is -0.495 e. The van der Waals surface area contributed by atoms with Gasteiger partial charge in [-0.05, 0) is 65.0 Å². The number of amides is 3. The lowest BCUT2D eigenvalue weighted by Gasteiger charge is -2.49. The number of morpholine rings is 1. The molecule has 2 bridgehead atoms. The lowest BCUT2D eigenvalue weighted by atomic mass is 9.90. The predicted octanol–water partition coefficient (Wildman–Crippen LogP) is 5.02. The van der Waals surface area contributed by atoms with Crippen molar-refractivity contribution in [1.29, 1.82) is 5.26 Å². The van der Waals surface area contributed by atoms with E-state index in [1.165, 1.54) is 13.2 Å². The summed E-state index contributed by atoms with van der Waals surface area (Å²) >= 11 is 0. The van der Waals surface area contributed by atoms with Crippen molar-refractivity contribution in [3.63, 3.8) is 0 Å². The number of nitriles is 1. The fraction of sp³-hybridized carbons (Fsp3) is 0.500. The zero-order valence-electron chi connectivity index (χ0n) is 38.7. The molecule has 3 atom stereocenters. The van der Waals surface area contributed by atoms with Gasteiger partial charge in [0.15, 0.2) is 0 Å². The van der Waals surface area contributed by atoms with Gasteiger partial charge < -0.3 is 29.3 Å². The Morgan fingerprint density at radius 1 is 0.912 bits per heavy atom. The van der Waals surface area contributed by atoms with Gasteiger partial charge in [-0.25, -0.2) is 23.7 Å². The summed E-state index contributed by atoms with van der Waals surface area (Å²) < 4.78 is 36.6. The van der Waals surface area contributed by atoms with Gasteiger partial charge in [0.05, 0.1) is 79.8 Å². The van der Waals surface area contributed by atoms with Crippen LogP contribution in [0.25, 0.3) is 28.0 Å². The second kappa shape index (κ2) is 18.3. The van der Waals surface area contributed by atoms with Crippen LogP contribution in [0.15, 0.2) is 55.2 Å². The van der Waals surface area contributed by atoms with Crippen LogP contribution in [0, 0.1) is 17.1 Å². The fourth-order valence-electron chi connectivity index (χ4n) is 10.4. The molecule has 8 heterocycles. The van der Waals surface area contributed by atoms with Gasteiger partial charge in [0.2, 0.25) is 11.8 Å². The minimum absolute atomic E-state index is 0.171. The number of carbonyl (C=O) groups is 3. The number of methoxy groups -OCH3 is 1. The third-order valence-corrected chi connectivity index (χ3v) is 13.8. The van der Waals surface area contributed by atoms with Gasteiger partial charge in [0, 0.05) is 87.4 Å². The maximum absolute atomic E-state index is 15.6. The number of nitrogens with zero attached hydrogens (tertiary/aromatic N) is 11. The van der Waals surface area contributed by atoms with E-state index in [1.54, 1.807) is 23.0 Å². The highest BCUT2D eigenvalue weighted by molar-refractivity contribution is 6.01. The zero-order chi connectivity index (χ0) is 47.3. The molecule has 68 heavy (non-hydrogen) atoms. The molecule has 19 nitrogen and oxygen atoms in total. The molecule has 10 rings (SSSR count). The zero-order valence-corrected chi connectivity index (χ0v) is 38.7. The first-order valence-electron chi connectivity index (χ1n) is 23.4. The van der Waals surface area contributed by atoms with E-state index in [9.17, 15) is 19.6 Å². The summed E-state index contributed by atoms with van der Waals surface area (Å²) in [6.07, 6.45) is 13.2. The summed E-state index contributed by atoms with van der Waals surface area (Å²) in [5.41, 5.74) is 4.08. The monoisotopic (exact) mass is 929 g/mol. The highest BCUT2D eigenvalue weighted by Gasteiger charge is 2.43. The van der Waals surface area contributed by atoms with Crippen molar-refractivity contribution in [2.75, 3.05) is 74.7 Å². The molecule has 1 saturated carbocycles. The van der Waals surface area contributed by atoms with Crippen molar-refractivity contribution < 1.29 is 33.0 Å². The molecule has 5 aromatic rings. The minimum atomic E-state index is -0.649. The van der Waals surface area contributed by atoms with E-state index in [1.807, 2.05) is 66.0 Å². The second-order valence-electron chi connectivity index (χ2n) is 19.3. The Morgan fingerprint density at radius 3 is 2.34 bits per heavy atom. The molecule has 0 spiro atoms. The van der Waals surface area contributed by atoms with Gasteiger partial charge in [-0.1, -0.05) is 0 Å². The number of piperazine rings is 2. The Kier molecular flexibility index (Phi) is 12.1. The second-order valence-corrected chi connectivity index (χ2v) is 19.3. The molecular formula is C48H56FN13O6. The smallest absolute Gasteiger partial charge is 0.411 e. The van der Waals surface area contributed by atoms with Gasteiger partial charge in [-0.3, -0.25) is 29.4 Å². The number of hydrogen-bond acceptors (Lipinski definition) is 15. The Hall–Kier alpha value is -6.85. The van der Waals surface area contributed by atoms with Crippen molar-refractivity contribution >= 4 is 40.6 Å². The summed E-state index contributed by atoms with van der Waals surface area (Å²) in [7, 11) is 1.52. The Bertz CT molecular complexity index is 2740. The maximum atomic E-state index is 15.6. The van der Waals surface area contributed by atoms with Crippen molar-refractivity contribution in [3.05, 3.63) is 66.6 Å². The molecule has 4 aliphatic heterocycles. The number of benzene rings is 1. The van der Waals surface area contributed by atoms with Gasteiger partial charge in [-0.15, -0.1) is 0 Å². The third-order valence-electron chi connectivity index (χ3n) is 13.8. The normalized spacial score (nSPS) is 23.6. The summed E-state index contributed by atoms with van der Waals surface area (Å²) in [6.45, 7) is 10.5. The summed E-state index contributed by atoms with van der Waals surface area (Å²) in [5, 5.41) is 24.8. The Balaban J connectivity index is 0.775. The molecule has 2 N–H and O–H groups in total. The largest absolute Gasteiger partial charge is 0.495 e. The summed E-state index contributed by atoms with van der Waals surface area (Å²) in [4.78, 5) is 55.6. The number of ether oxygens (including phenoxy) is 3. The lowest BCUT2D eigenvalue weighted by molar-refractivity contribution is -0.133. The highest BCUT2D eigenvalue weighted by atomic mass is 19.1. The van der Waals surface area contributed by atoms with Crippen LogP contribution in [0.5, 0.6) is 5.75 Å². The molecule has 3 amide bonds. The molecule has 4 aromatic heterocycles. The molecule has 4 saturated heterocycles. The van der Waals surface area contributed by atoms with Crippen molar-refractivity contribution in [2.24, 2.45) is 0 Å². The quantitative estimate of drug-likeness (QED) is 0.187. The first kappa shape index (κ1) is 45.0. The summed E-state index contributed by atoms with van der Waals surface area (Å²) in [5.74, 6) is 0.0719. The number of fused-ring (bicyclic) bond motifs is 3. The molecule has 20 heteroatoms. The van der Waals surface area contributed by atoms with E-state index >= 15 is 4.39 Å². The van der Waals surface area contributed by atoms with Crippen LogP contribution in [-0.4, -0.2) is 146 Å². The number of carbonyl (C=O) groups excluding carboxylic acids is 3. The van der Waals surface area contributed by atoms with Crippen molar-refractivity contribution in [3.8, 4) is 34.3 Å². The summed E-state index contributed by atoms with van der Waals surface area (Å²) in [6, 6.07) is 8.90. The molecule has 1 aliphatic carbocycles. The number of piperidine rings is 1. The predicted molar refractivity (Wildman–Crippen MR) is 249 cm³/mol. The SMILES string of the molecule is COc1cc(N2CCN(C3CCC(n4cc(-c5cn6ncc(C#N)c6c(-c6ccc(N7CC8COCC(C7)N8C(=O)OC(C)(C)C)nc6)n5)cn4)CC3)CC2)c(F)cc1NC1CCC(=O)NC1=O. The number of pyridine rings is 1. The molecule has 5 fully saturated rings. The molecule has 1 aromatic carbocycles. The average molecular weight is 930 g/mol. The number of hydrogen-bond donors (Lipinski definition) is 2. The van der Waals surface area contributed by atoms with Crippen LogP contribution in [0.3, 0.4) is 0 Å². The molecule has 3 unspecified atom stereocenters. The number of rotatable bonds is 9.